The van der Waals surface area contributed by atoms with E-state index in [4.69, 9.17) is 37.9 Å². The summed E-state index contributed by atoms with van der Waals surface area (Å²) in [6.07, 6.45) is -24.4. The first-order chi connectivity index (χ1) is 37.3. The Morgan fingerprint density at radius 3 is 2.00 bits per heavy atom. The summed E-state index contributed by atoms with van der Waals surface area (Å²) in [6, 6.07) is 0. The van der Waals surface area contributed by atoms with Crippen LogP contribution in [0.3, 0.4) is 0 Å². The molecular weight excluding hydrogens is 1050 g/mol. The molecule has 5 aliphatic carbocycles. The summed E-state index contributed by atoms with van der Waals surface area (Å²) in [7, 11) is 0. The van der Waals surface area contributed by atoms with Gasteiger partial charge in [-0.2, -0.15) is 0 Å². The standard InChI is InChI=1S/C57H90O23/c1-12-24(3)47(71)79-44-45(80-48(72)25(4)13-2)57(23-59)28(20-52(44,6)7)27-14-15-31-53(8)18-17-32(54(9,22-58)30(53)16-19-55(31,10)56(27,11)42(67)43(57)68)75-51-38(66)40(36(64)41(78-51)46(69)70)77-49-37(65)39(29(60)21-73-49)76-50-35(63)34(62)33(61)26(5)74-50/h12,14,25-26,28-45,49-51,58-68H,13,15-23H2,1-11H3,(H,69,70)/b24-12-/t25?,26-,28-,29-,30+,31+,32-,33-,34+,35+,36-,37+,38+,39-,40-,41-,42-,43+,44-,45-,49-,50-,51+,53-,54-,55+,56-,57-/m0/s1. The zero-order valence-electron chi connectivity index (χ0n) is 47.9. The molecule has 456 valence electrons. The fourth-order valence-corrected chi connectivity index (χ4v) is 16.2. The van der Waals surface area contributed by atoms with Gasteiger partial charge in [0.15, 0.2) is 31.1 Å². The van der Waals surface area contributed by atoms with Crippen molar-refractivity contribution in [3.63, 3.8) is 0 Å². The Morgan fingerprint density at radius 2 is 1.39 bits per heavy atom. The third-order valence-electron chi connectivity index (χ3n) is 21.7. The first kappa shape index (κ1) is 63.2. The molecule has 3 saturated heterocycles. The summed E-state index contributed by atoms with van der Waals surface area (Å²) in [6.45, 7) is 18.5. The van der Waals surface area contributed by atoms with Crippen LogP contribution in [0.5, 0.6) is 0 Å². The van der Waals surface area contributed by atoms with Gasteiger partial charge in [0.05, 0.1) is 55.6 Å². The molecule has 1 unspecified atom stereocenters. The van der Waals surface area contributed by atoms with Crippen LogP contribution in [-0.2, 0) is 52.3 Å². The molecular formula is C57H90O23. The number of rotatable bonds is 14. The maximum atomic E-state index is 13.9. The SMILES string of the molecule is C/C=C(/C)C(=O)O[C@H]1[C@H](OC(=O)C(C)CC)[C@]2(CO)[C@H](O)[C@H](O)[C@]3(C)C(=CC[C@@H]4[C@@]5(C)CC[C@H](O[C@@H]6O[C@H](C(=O)O)[C@@H](O)[C@H](O[C@@H]7OC[C@H](O)[C@H](O[C@@H]8O[C@@H](C)[C@H](O)[C@@H](O)[C@H]8O)[C@H]7O)[C@H]6O)[C@@](C)(CO)[C@@H]5CC[C@]43C)[C@@H]2CC1(C)C. The normalized spacial score (nSPS) is 50.6. The number of aliphatic hydroxyl groups is 11. The lowest BCUT2D eigenvalue weighted by Gasteiger charge is -2.73. The summed E-state index contributed by atoms with van der Waals surface area (Å²) < 4.78 is 47.7. The van der Waals surface area contributed by atoms with Crippen molar-refractivity contribution >= 4 is 17.9 Å². The molecule has 0 aromatic carbocycles. The van der Waals surface area contributed by atoms with Gasteiger partial charge in [-0.25, -0.2) is 9.59 Å². The van der Waals surface area contributed by atoms with E-state index in [-0.39, 0.29) is 24.7 Å². The van der Waals surface area contributed by atoms with Crippen LogP contribution in [0.2, 0.25) is 0 Å². The third-order valence-corrected chi connectivity index (χ3v) is 21.7. The van der Waals surface area contributed by atoms with E-state index in [0.717, 1.165) is 5.57 Å². The summed E-state index contributed by atoms with van der Waals surface area (Å²) in [5.41, 5.74) is -5.04. The minimum absolute atomic E-state index is 0.201. The van der Waals surface area contributed by atoms with Gasteiger partial charge in [-0.3, -0.25) is 4.79 Å². The predicted octanol–water partition coefficient (Wildman–Crippen LogP) is 0.343. The maximum absolute atomic E-state index is 13.9. The minimum Gasteiger partial charge on any atom is -0.479 e. The minimum atomic E-state index is -2.08. The molecule has 12 N–H and O–H groups in total. The summed E-state index contributed by atoms with van der Waals surface area (Å²) in [4.78, 5) is 40.2. The van der Waals surface area contributed by atoms with Crippen LogP contribution >= 0.6 is 0 Å². The predicted molar refractivity (Wildman–Crippen MR) is 277 cm³/mol. The number of ether oxygens (including phenoxy) is 8. The van der Waals surface area contributed by atoms with Crippen molar-refractivity contribution in [3.05, 3.63) is 23.3 Å². The molecule has 28 atom stereocenters. The van der Waals surface area contributed by atoms with E-state index in [0.29, 0.717) is 37.7 Å². The van der Waals surface area contributed by atoms with Crippen LogP contribution in [0.15, 0.2) is 23.3 Å². The summed E-state index contributed by atoms with van der Waals surface area (Å²) in [5, 5.41) is 136. The molecule has 80 heavy (non-hydrogen) atoms. The van der Waals surface area contributed by atoms with E-state index in [1.807, 2.05) is 34.6 Å². The van der Waals surface area contributed by atoms with Crippen molar-refractivity contribution in [2.45, 2.75) is 238 Å². The fraction of sp³-hybridized carbons (Fsp3) is 0.877. The average molecular weight is 1140 g/mol. The zero-order chi connectivity index (χ0) is 59.3. The lowest BCUT2D eigenvalue weighted by atomic mass is 9.32. The molecule has 0 bridgehead atoms. The number of esters is 2. The molecule has 8 rings (SSSR count). The highest BCUT2D eigenvalue weighted by Gasteiger charge is 2.77. The number of carbonyl (C=O) groups excluding carboxylic acids is 2. The van der Waals surface area contributed by atoms with Crippen LogP contribution in [0, 0.1) is 56.2 Å². The highest BCUT2D eigenvalue weighted by molar-refractivity contribution is 5.87. The summed E-state index contributed by atoms with van der Waals surface area (Å²) >= 11 is 0. The van der Waals surface area contributed by atoms with Gasteiger partial charge in [-0.05, 0) is 94.3 Å². The number of fused-ring (bicyclic) bond motifs is 7. The van der Waals surface area contributed by atoms with Gasteiger partial charge in [0.1, 0.15) is 61.0 Å². The number of hydrogen-bond donors (Lipinski definition) is 12. The molecule has 0 amide bonds. The topological polar surface area (TPSA) is 368 Å². The number of carboxylic acids is 1. The zero-order valence-corrected chi connectivity index (χ0v) is 47.9. The fourth-order valence-electron chi connectivity index (χ4n) is 16.2. The molecule has 0 aromatic rings. The van der Waals surface area contributed by atoms with E-state index in [9.17, 15) is 75.7 Å². The molecule has 23 heteroatoms. The van der Waals surface area contributed by atoms with E-state index in [2.05, 4.69) is 19.9 Å². The van der Waals surface area contributed by atoms with Gasteiger partial charge < -0.3 is 99.2 Å². The van der Waals surface area contributed by atoms with Crippen molar-refractivity contribution in [1.82, 2.24) is 0 Å². The number of carboxylic acid groups (broad SMARTS) is 1. The highest BCUT2D eigenvalue weighted by Crippen LogP contribution is 2.76. The van der Waals surface area contributed by atoms with E-state index in [1.165, 1.54) is 6.92 Å². The Kier molecular flexibility index (Phi) is 18.1. The number of aliphatic hydroxyl groups excluding tert-OH is 11. The Morgan fingerprint density at radius 1 is 0.750 bits per heavy atom. The first-order valence-electron chi connectivity index (χ1n) is 28.5. The lowest BCUT2D eigenvalue weighted by molar-refractivity contribution is -0.372. The molecule has 8 aliphatic rings. The van der Waals surface area contributed by atoms with Crippen molar-refractivity contribution in [2.24, 2.45) is 56.2 Å². The lowest BCUT2D eigenvalue weighted by Crippen LogP contribution is -2.76. The van der Waals surface area contributed by atoms with Crippen LogP contribution in [-0.4, -0.2) is 216 Å². The molecule has 7 fully saturated rings. The van der Waals surface area contributed by atoms with Gasteiger partial charge >= 0.3 is 17.9 Å². The van der Waals surface area contributed by atoms with Crippen LogP contribution in [0.4, 0.5) is 0 Å². The number of allylic oxidation sites excluding steroid dienone is 2. The Bertz CT molecular complexity index is 2330. The second-order valence-electron chi connectivity index (χ2n) is 26.2. The number of carbonyl (C=O) groups is 3. The van der Waals surface area contributed by atoms with Crippen LogP contribution in [0.25, 0.3) is 0 Å². The van der Waals surface area contributed by atoms with Gasteiger partial charge in [-0.15, -0.1) is 0 Å². The second kappa shape index (κ2) is 22.9. The molecule has 0 aromatic heterocycles. The highest BCUT2D eigenvalue weighted by atomic mass is 16.8. The third kappa shape index (κ3) is 9.84. The van der Waals surface area contributed by atoms with Gasteiger partial charge in [0.2, 0.25) is 0 Å². The number of hydrogen-bond acceptors (Lipinski definition) is 22. The largest absolute Gasteiger partial charge is 0.479 e. The Balaban J connectivity index is 1.06. The van der Waals surface area contributed by atoms with Gasteiger partial charge in [-0.1, -0.05) is 73.1 Å². The molecule has 4 saturated carbocycles. The molecule has 3 aliphatic heterocycles. The first-order valence-corrected chi connectivity index (χ1v) is 28.5. The Labute approximate surface area is 467 Å². The van der Waals surface area contributed by atoms with Gasteiger partial charge in [0.25, 0.3) is 0 Å². The monoisotopic (exact) mass is 1140 g/mol. The van der Waals surface area contributed by atoms with Gasteiger partial charge in [0, 0.05) is 21.8 Å². The Hall–Kier alpha value is -2.79. The van der Waals surface area contributed by atoms with Crippen molar-refractivity contribution in [2.75, 3.05) is 19.8 Å². The number of aliphatic carboxylic acids is 1. The van der Waals surface area contributed by atoms with Crippen molar-refractivity contribution in [1.29, 1.82) is 0 Å². The molecule has 0 spiro atoms. The van der Waals surface area contributed by atoms with Crippen molar-refractivity contribution < 1.29 is 114 Å². The van der Waals surface area contributed by atoms with E-state index >= 15 is 0 Å². The van der Waals surface area contributed by atoms with Crippen molar-refractivity contribution in [3.8, 4) is 0 Å². The average Bonchev–Trinajstić information content (AvgIpc) is 3.09. The van der Waals surface area contributed by atoms with E-state index < -0.39 is 199 Å². The van der Waals surface area contributed by atoms with Crippen LogP contribution in [0.1, 0.15) is 121 Å². The molecule has 23 nitrogen and oxygen atoms in total. The molecule has 3 heterocycles. The molecule has 0 radical (unpaired) electrons. The second-order valence-corrected chi connectivity index (χ2v) is 26.2. The smallest absolute Gasteiger partial charge is 0.335 e. The quantitative estimate of drug-likeness (QED) is 0.0483. The van der Waals surface area contributed by atoms with E-state index in [1.54, 1.807) is 26.8 Å². The maximum Gasteiger partial charge on any atom is 0.335 e. The summed E-state index contributed by atoms with van der Waals surface area (Å²) in [5.74, 6) is -4.63. The van der Waals surface area contributed by atoms with Crippen LogP contribution < -0.4 is 0 Å².